The van der Waals surface area contributed by atoms with Gasteiger partial charge in [0.15, 0.2) is 5.69 Å². The second kappa shape index (κ2) is 12.1. The van der Waals surface area contributed by atoms with E-state index in [1.807, 2.05) is 0 Å². The van der Waals surface area contributed by atoms with E-state index in [-0.39, 0.29) is 24.4 Å². The minimum Gasteiger partial charge on any atom is -0.364 e. The fourth-order valence-electron chi connectivity index (χ4n) is 5.16. The number of carbonyl (C=O) groups is 2. The van der Waals surface area contributed by atoms with E-state index in [0.29, 0.717) is 21.4 Å². The smallest absolute Gasteiger partial charge is 0.364 e. The molecule has 0 radical (unpaired) electrons. The predicted octanol–water partition coefficient (Wildman–Crippen LogP) is 5.68. The quantitative estimate of drug-likeness (QED) is 0.250. The van der Waals surface area contributed by atoms with Crippen molar-refractivity contribution in [2.75, 3.05) is 0 Å². The summed E-state index contributed by atoms with van der Waals surface area (Å²) in [5.41, 5.74) is 6.33. The molecule has 0 bridgehead atoms. The third-order valence-electron chi connectivity index (χ3n) is 7.37. The molecule has 9 nitrogen and oxygen atoms in total. The SMILES string of the molecule is C[C@@H](NC(=O)CCC(F)(F)F)c1ccc2nc([C@H](c3nn(CCC(F)(F)F)nc3C(N)=O)C3CCC(F)(F)CC3)[nH]c2c1. The van der Waals surface area contributed by atoms with E-state index in [1.54, 1.807) is 25.1 Å². The summed E-state index contributed by atoms with van der Waals surface area (Å²) in [4.78, 5) is 32.6. The summed E-state index contributed by atoms with van der Waals surface area (Å²) in [5.74, 6) is -6.06. The number of carbonyl (C=O) groups excluding carboxylic acids is 2. The Kier molecular flexibility index (Phi) is 9.02. The Balaban J connectivity index is 1.67. The summed E-state index contributed by atoms with van der Waals surface area (Å²) >= 11 is 0. The van der Waals surface area contributed by atoms with Crippen LogP contribution in [0.15, 0.2) is 18.2 Å². The number of amides is 2. The number of alkyl halides is 8. The van der Waals surface area contributed by atoms with Crippen LogP contribution in [-0.2, 0) is 11.3 Å². The fourth-order valence-corrected chi connectivity index (χ4v) is 5.16. The molecule has 4 N–H and O–H groups in total. The molecule has 43 heavy (non-hydrogen) atoms. The van der Waals surface area contributed by atoms with Crippen molar-refractivity contribution in [1.29, 1.82) is 0 Å². The van der Waals surface area contributed by atoms with Gasteiger partial charge in [-0.1, -0.05) is 6.07 Å². The van der Waals surface area contributed by atoms with Crippen LogP contribution in [0.2, 0.25) is 0 Å². The monoisotopic (exact) mass is 623 g/mol. The molecule has 1 fully saturated rings. The molecule has 1 saturated carbocycles. The first-order chi connectivity index (χ1) is 19.9. The molecule has 17 heteroatoms. The van der Waals surface area contributed by atoms with E-state index >= 15 is 0 Å². The Morgan fingerprint density at radius 2 is 1.74 bits per heavy atom. The molecule has 4 rings (SSSR count). The molecule has 0 aliphatic heterocycles. The normalized spacial score (nSPS) is 17.6. The second-order valence-electron chi connectivity index (χ2n) is 10.7. The largest absolute Gasteiger partial charge is 0.390 e. The number of primary amides is 1. The van der Waals surface area contributed by atoms with Crippen molar-refractivity contribution in [3.63, 3.8) is 0 Å². The Bertz CT molecular complexity index is 1450. The lowest BCUT2D eigenvalue weighted by atomic mass is 9.76. The highest BCUT2D eigenvalue weighted by molar-refractivity contribution is 5.92. The van der Waals surface area contributed by atoms with Crippen molar-refractivity contribution >= 4 is 22.8 Å². The number of hydrogen-bond acceptors (Lipinski definition) is 5. The fraction of sp³-hybridized carbons (Fsp3) is 0.577. The van der Waals surface area contributed by atoms with Gasteiger partial charge in [-0.05, 0) is 43.4 Å². The van der Waals surface area contributed by atoms with Gasteiger partial charge >= 0.3 is 12.4 Å². The zero-order valence-corrected chi connectivity index (χ0v) is 22.8. The van der Waals surface area contributed by atoms with Gasteiger partial charge in [0.05, 0.1) is 42.4 Å². The van der Waals surface area contributed by atoms with Crippen LogP contribution >= 0.6 is 0 Å². The number of aromatic amines is 1. The maximum atomic E-state index is 14.0. The summed E-state index contributed by atoms with van der Waals surface area (Å²) in [6.45, 7) is 0.878. The lowest BCUT2D eigenvalue weighted by molar-refractivity contribution is -0.144. The van der Waals surface area contributed by atoms with E-state index in [4.69, 9.17) is 5.73 Å². The zero-order chi connectivity index (χ0) is 31.7. The Morgan fingerprint density at radius 3 is 2.35 bits per heavy atom. The molecular formula is C26H29F8N7O2. The molecule has 0 saturated heterocycles. The standard InChI is InChI=1S/C26H29F8N7O2/c1-13(36-18(42)6-9-25(29,30)31)15-2-3-16-17(12-15)38-23(37-16)19(14-4-7-24(27,28)8-5-14)20-21(22(35)43)40-41(39-20)11-10-26(32,33)34/h2-3,12-14,19H,4-11H2,1H3,(H2,35,43)(H,36,42)(H,37,38)/t13-,19+/m1/s1. The summed E-state index contributed by atoms with van der Waals surface area (Å²) in [5, 5.41) is 10.5. The maximum Gasteiger partial charge on any atom is 0.390 e. The van der Waals surface area contributed by atoms with Gasteiger partial charge in [0.1, 0.15) is 11.5 Å². The van der Waals surface area contributed by atoms with Crippen LogP contribution in [0.1, 0.15) is 91.4 Å². The van der Waals surface area contributed by atoms with Crippen molar-refractivity contribution in [2.45, 2.75) is 88.6 Å². The lowest BCUT2D eigenvalue weighted by Gasteiger charge is -2.32. The lowest BCUT2D eigenvalue weighted by Crippen LogP contribution is -2.30. The van der Waals surface area contributed by atoms with E-state index in [0.717, 1.165) is 0 Å². The molecule has 1 aliphatic rings. The molecule has 2 amide bonds. The van der Waals surface area contributed by atoms with Gasteiger partial charge in [-0.2, -0.15) is 36.2 Å². The van der Waals surface area contributed by atoms with Gasteiger partial charge in [-0.3, -0.25) is 9.59 Å². The summed E-state index contributed by atoms with van der Waals surface area (Å²) in [7, 11) is 0. The van der Waals surface area contributed by atoms with Crippen LogP contribution in [0.5, 0.6) is 0 Å². The van der Waals surface area contributed by atoms with Gasteiger partial charge in [0.2, 0.25) is 11.8 Å². The molecule has 2 heterocycles. The molecular weight excluding hydrogens is 594 g/mol. The first kappa shape index (κ1) is 32.1. The van der Waals surface area contributed by atoms with E-state index in [1.165, 1.54) is 0 Å². The number of fused-ring (bicyclic) bond motifs is 1. The molecule has 1 aromatic carbocycles. The molecule has 1 aliphatic carbocycles. The molecule has 2 aromatic heterocycles. The first-order valence-electron chi connectivity index (χ1n) is 13.5. The Hall–Kier alpha value is -3.79. The van der Waals surface area contributed by atoms with Crippen molar-refractivity contribution in [2.24, 2.45) is 11.7 Å². The number of imidazole rings is 1. The van der Waals surface area contributed by atoms with Gasteiger partial charge < -0.3 is 16.0 Å². The average molecular weight is 624 g/mol. The molecule has 0 unspecified atom stereocenters. The summed E-state index contributed by atoms with van der Waals surface area (Å²) in [6.07, 6.45) is -13.2. The van der Waals surface area contributed by atoms with Crippen LogP contribution < -0.4 is 11.1 Å². The number of nitrogens with zero attached hydrogens (tertiary/aromatic N) is 4. The number of halogens is 8. The van der Waals surface area contributed by atoms with Gasteiger partial charge in [0.25, 0.3) is 5.91 Å². The highest BCUT2D eigenvalue weighted by atomic mass is 19.4. The summed E-state index contributed by atoms with van der Waals surface area (Å²) in [6, 6.07) is 4.09. The Morgan fingerprint density at radius 1 is 1.09 bits per heavy atom. The highest BCUT2D eigenvalue weighted by Crippen LogP contribution is 2.45. The van der Waals surface area contributed by atoms with Crippen LogP contribution in [0.25, 0.3) is 11.0 Å². The summed E-state index contributed by atoms with van der Waals surface area (Å²) < 4.78 is 104. The third-order valence-corrected chi connectivity index (χ3v) is 7.37. The number of benzene rings is 1. The second-order valence-corrected chi connectivity index (χ2v) is 10.7. The minimum atomic E-state index is -4.53. The molecule has 0 spiro atoms. The van der Waals surface area contributed by atoms with Crippen molar-refractivity contribution in [3.8, 4) is 0 Å². The average Bonchev–Trinajstić information content (AvgIpc) is 3.51. The number of aromatic nitrogens is 5. The number of rotatable bonds is 10. The number of aryl methyl sites for hydroxylation is 1. The van der Waals surface area contributed by atoms with E-state index in [9.17, 15) is 44.7 Å². The maximum absolute atomic E-state index is 14.0. The van der Waals surface area contributed by atoms with Crippen molar-refractivity contribution in [1.82, 2.24) is 30.3 Å². The van der Waals surface area contributed by atoms with E-state index in [2.05, 4.69) is 25.5 Å². The van der Waals surface area contributed by atoms with Crippen LogP contribution in [0, 0.1) is 5.92 Å². The highest BCUT2D eigenvalue weighted by Gasteiger charge is 2.42. The molecule has 2 atom stereocenters. The number of H-pyrrole nitrogens is 1. The first-order valence-corrected chi connectivity index (χ1v) is 13.5. The number of nitrogens with one attached hydrogen (secondary N) is 2. The van der Waals surface area contributed by atoms with Crippen molar-refractivity contribution in [3.05, 3.63) is 41.0 Å². The van der Waals surface area contributed by atoms with E-state index < -0.39 is 92.3 Å². The van der Waals surface area contributed by atoms with Crippen molar-refractivity contribution < 1.29 is 44.7 Å². The number of nitrogens with two attached hydrogens (primary N) is 1. The van der Waals surface area contributed by atoms with Crippen LogP contribution in [-0.4, -0.2) is 55.1 Å². The van der Waals surface area contributed by atoms with Gasteiger partial charge in [-0.15, -0.1) is 5.10 Å². The topological polar surface area (TPSA) is 132 Å². The third kappa shape index (κ3) is 8.40. The van der Waals surface area contributed by atoms with Crippen LogP contribution in [0.3, 0.4) is 0 Å². The predicted molar refractivity (Wildman–Crippen MR) is 136 cm³/mol. The molecule has 236 valence electrons. The Labute approximate surface area is 239 Å². The van der Waals surface area contributed by atoms with Gasteiger partial charge in [0, 0.05) is 19.3 Å². The zero-order valence-electron chi connectivity index (χ0n) is 22.8. The van der Waals surface area contributed by atoms with Crippen LogP contribution in [0.4, 0.5) is 35.1 Å². The molecule has 3 aromatic rings. The number of hydrogen-bond donors (Lipinski definition) is 3. The minimum absolute atomic E-state index is 0.00539. The van der Waals surface area contributed by atoms with Gasteiger partial charge in [-0.25, -0.2) is 13.8 Å².